The summed E-state index contributed by atoms with van der Waals surface area (Å²) < 4.78 is 23.5. The van der Waals surface area contributed by atoms with Crippen LogP contribution in [0.5, 0.6) is 17.2 Å². The lowest BCUT2D eigenvalue weighted by atomic mass is 9.77. The van der Waals surface area contributed by atoms with E-state index in [1.165, 1.54) is 0 Å². The summed E-state index contributed by atoms with van der Waals surface area (Å²) in [5.74, 6) is 1.96. The van der Waals surface area contributed by atoms with E-state index in [1.807, 2.05) is 50.2 Å². The first-order valence-corrected chi connectivity index (χ1v) is 11.0. The molecule has 2 aromatic rings. The van der Waals surface area contributed by atoms with Crippen LogP contribution >= 0.6 is 0 Å². The molecule has 0 bridgehead atoms. The number of benzene rings is 2. The summed E-state index contributed by atoms with van der Waals surface area (Å²) in [5.41, 5.74) is 1.79. The Morgan fingerprint density at radius 3 is 2.77 bits per heavy atom. The summed E-state index contributed by atoms with van der Waals surface area (Å²) in [5, 5.41) is 6.36. The molecular formula is C24H28N2O5. The van der Waals surface area contributed by atoms with Crippen LogP contribution in [0.2, 0.25) is 0 Å². The normalized spacial score (nSPS) is 22.5. The lowest BCUT2D eigenvalue weighted by molar-refractivity contribution is -0.119. The number of carbonyl (C=O) groups is 1. The Hall–Kier alpha value is -2.77. The van der Waals surface area contributed by atoms with Crippen molar-refractivity contribution < 1.29 is 23.7 Å². The van der Waals surface area contributed by atoms with Gasteiger partial charge in [0.15, 0.2) is 11.5 Å². The molecule has 0 saturated heterocycles. The van der Waals surface area contributed by atoms with Gasteiger partial charge >= 0.3 is 0 Å². The molecule has 2 N–H and O–H groups in total. The Morgan fingerprint density at radius 2 is 1.94 bits per heavy atom. The maximum absolute atomic E-state index is 13.0. The fraction of sp³-hybridized carbons (Fsp3) is 0.458. The molecule has 164 valence electrons. The van der Waals surface area contributed by atoms with Crippen molar-refractivity contribution in [3.05, 3.63) is 47.5 Å². The highest BCUT2D eigenvalue weighted by molar-refractivity contribution is 6.09. The Balaban J connectivity index is 1.24. The first-order valence-electron chi connectivity index (χ1n) is 11.0. The highest BCUT2D eigenvalue weighted by Gasteiger charge is 2.54. The van der Waals surface area contributed by atoms with Crippen LogP contribution in [-0.2, 0) is 14.9 Å². The second-order valence-electron chi connectivity index (χ2n) is 8.47. The highest BCUT2D eigenvalue weighted by Crippen LogP contribution is 2.53. The van der Waals surface area contributed by atoms with Crippen LogP contribution in [-0.4, -0.2) is 44.6 Å². The SMILES string of the molecule is CC(C)OCCNCCCC1Oc2cc3c(cc2O1)C1(CO3)C(=O)Nc2ccccc21. The third-order valence-electron chi connectivity index (χ3n) is 6.01. The molecule has 0 aromatic heterocycles. The van der Waals surface area contributed by atoms with Gasteiger partial charge in [0.1, 0.15) is 17.8 Å². The van der Waals surface area contributed by atoms with Gasteiger partial charge in [0.2, 0.25) is 12.2 Å². The van der Waals surface area contributed by atoms with Gasteiger partial charge in [-0.15, -0.1) is 0 Å². The Kier molecular flexibility index (Phi) is 5.24. The lowest BCUT2D eigenvalue weighted by Crippen LogP contribution is -2.37. The van der Waals surface area contributed by atoms with Crippen molar-refractivity contribution in [2.45, 2.75) is 44.5 Å². The lowest BCUT2D eigenvalue weighted by Gasteiger charge is -2.20. The molecule has 0 aliphatic carbocycles. The van der Waals surface area contributed by atoms with Crippen LogP contribution < -0.4 is 24.8 Å². The summed E-state index contributed by atoms with van der Waals surface area (Å²) in [6.45, 7) is 6.77. The smallest absolute Gasteiger partial charge is 0.243 e. The number of anilines is 1. The summed E-state index contributed by atoms with van der Waals surface area (Å²) in [6, 6.07) is 11.6. The topological polar surface area (TPSA) is 78.1 Å². The largest absolute Gasteiger partial charge is 0.491 e. The summed E-state index contributed by atoms with van der Waals surface area (Å²) in [6.07, 6.45) is 1.63. The molecule has 1 amide bonds. The maximum atomic E-state index is 13.0. The first-order chi connectivity index (χ1) is 15.1. The number of nitrogens with one attached hydrogen (secondary N) is 2. The number of rotatable bonds is 8. The van der Waals surface area contributed by atoms with Crippen molar-refractivity contribution in [3.63, 3.8) is 0 Å². The van der Waals surface area contributed by atoms with Gasteiger partial charge in [0.25, 0.3) is 0 Å². The fourth-order valence-corrected chi connectivity index (χ4v) is 4.48. The van der Waals surface area contributed by atoms with E-state index < -0.39 is 5.41 Å². The third-order valence-corrected chi connectivity index (χ3v) is 6.01. The van der Waals surface area contributed by atoms with Gasteiger partial charge in [-0.2, -0.15) is 0 Å². The van der Waals surface area contributed by atoms with Gasteiger partial charge in [-0.05, 0) is 44.5 Å². The van der Waals surface area contributed by atoms with E-state index in [2.05, 4.69) is 10.6 Å². The van der Waals surface area contributed by atoms with Crippen LogP contribution in [0.25, 0.3) is 0 Å². The fourth-order valence-electron chi connectivity index (χ4n) is 4.48. The molecule has 0 fully saturated rings. The minimum atomic E-state index is -0.829. The third kappa shape index (κ3) is 3.51. The zero-order chi connectivity index (χ0) is 21.4. The molecule has 3 aliphatic heterocycles. The Morgan fingerprint density at radius 1 is 1.13 bits per heavy atom. The Bertz CT molecular complexity index is 992. The van der Waals surface area contributed by atoms with E-state index in [4.69, 9.17) is 18.9 Å². The van der Waals surface area contributed by atoms with Gasteiger partial charge in [-0.1, -0.05) is 18.2 Å². The predicted molar refractivity (Wildman–Crippen MR) is 116 cm³/mol. The molecule has 1 spiro atoms. The number of hydrogen-bond acceptors (Lipinski definition) is 6. The van der Waals surface area contributed by atoms with E-state index >= 15 is 0 Å². The van der Waals surface area contributed by atoms with Gasteiger partial charge in [-0.25, -0.2) is 0 Å². The van der Waals surface area contributed by atoms with E-state index in [1.54, 1.807) is 0 Å². The minimum absolute atomic E-state index is 0.0598. The van der Waals surface area contributed by atoms with Crippen LogP contribution in [0.15, 0.2) is 36.4 Å². The summed E-state index contributed by atoms with van der Waals surface area (Å²) >= 11 is 0. The van der Waals surface area contributed by atoms with Crippen LogP contribution in [0.4, 0.5) is 5.69 Å². The van der Waals surface area contributed by atoms with Crippen molar-refractivity contribution in [2.75, 3.05) is 31.6 Å². The van der Waals surface area contributed by atoms with Gasteiger partial charge < -0.3 is 29.6 Å². The van der Waals surface area contributed by atoms with Gasteiger partial charge in [0, 0.05) is 30.3 Å². The Labute approximate surface area is 182 Å². The van der Waals surface area contributed by atoms with Crippen molar-refractivity contribution in [3.8, 4) is 17.2 Å². The minimum Gasteiger partial charge on any atom is -0.491 e. The van der Waals surface area contributed by atoms with Crippen molar-refractivity contribution in [2.24, 2.45) is 0 Å². The second kappa shape index (κ2) is 8.05. The summed E-state index contributed by atoms with van der Waals surface area (Å²) in [7, 11) is 0. The van der Waals surface area contributed by atoms with E-state index in [9.17, 15) is 4.79 Å². The molecule has 3 aliphatic rings. The molecule has 5 rings (SSSR count). The quantitative estimate of drug-likeness (QED) is 0.634. The van der Waals surface area contributed by atoms with Crippen LogP contribution in [0.3, 0.4) is 0 Å². The summed E-state index contributed by atoms with van der Waals surface area (Å²) in [4.78, 5) is 13.0. The average Bonchev–Trinajstić information content (AvgIpc) is 3.40. The van der Waals surface area contributed by atoms with Gasteiger partial charge in [-0.3, -0.25) is 4.79 Å². The zero-order valence-electron chi connectivity index (χ0n) is 17.9. The van der Waals surface area contributed by atoms with Crippen LogP contribution in [0.1, 0.15) is 37.8 Å². The first kappa shape index (κ1) is 20.2. The van der Waals surface area contributed by atoms with E-state index in [0.717, 1.165) is 42.7 Å². The molecule has 3 heterocycles. The molecule has 2 unspecified atom stereocenters. The number of para-hydroxylation sites is 1. The van der Waals surface area contributed by atoms with Crippen molar-refractivity contribution >= 4 is 11.6 Å². The second-order valence-corrected chi connectivity index (χ2v) is 8.47. The van der Waals surface area contributed by atoms with Crippen molar-refractivity contribution in [1.29, 1.82) is 0 Å². The zero-order valence-corrected chi connectivity index (χ0v) is 17.9. The van der Waals surface area contributed by atoms with E-state index in [-0.39, 0.29) is 24.9 Å². The molecule has 31 heavy (non-hydrogen) atoms. The number of ether oxygens (including phenoxy) is 4. The molecule has 0 radical (unpaired) electrons. The van der Waals surface area contributed by atoms with E-state index in [0.29, 0.717) is 23.9 Å². The molecule has 2 atom stereocenters. The molecule has 7 heteroatoms. The molecular weight excluding hydrogens is 396 g/mol. The standard InChI is InChI=1S/C24H28N2O5/c1-15(2)28-11-10-25-9-5-8-22-30-20-12-17-19(13-21(20)31-22)29-14-24(17)16-6-3-4-7-18(16)26-23(24)27/h3-4,6-7,12-13,15,22,25H,5,8-11,14H2,1-2H3,(H,26,27). The number of fused-ring (bicyclic) bond motifs is 5. The van der Waals surface area contributed by atoms with Crippen molar-refractivity contribution in [1.82, 2.24) is 5.32 Å². The number of hydrogen-bond donors (Lipinski definition) is 2. The average molecular weight is 424 g/mol. The number of carbonyl (C=O) groups excluding carboxylic acids is 1. The molecule has 0 saturated carbocycles. The van der Waals surface area contributed by atoms with Gasteiger partial charge in [0.05, 0.1) is 12.7 Å². The number of amides is 1. The molecule has 2 aromatic carbocycles. The predicted octanol–water partition coefficient (Wildman–Crippen LogP) is 3.21. The maximum Gasteiger partial charge on any atom is 0.243 e. The monoisotopic (exact) mass is 424 g/mol. The highest BCUT2D eigenvalue weighted by atomic mass is 16.7. The van der Waals surface area contributed by atoms with Crippen LogP contribution in [0, 0.1) is 0 Å². The molecule has 7 nitrogen and oxygen atoms in total.